The molecule has 0 bridgehead atoms. The molecule has 0 spiro atoms. The molecule has 0 fully saturated rings. The number of hydrogen-bond donors (Lipinski definition) is 0. The van der Waals surface area contributed by atoms with E-state index in [1.807, 2.05) is 18.2 Å². The van der Waals surface area contributed by atoms with Gasteiger partial charge in [0, 0.05) is 23.5 Å². The van der Waals surface area contributed by atoms with Crippen molar-refractivity contribution in [2.75, 3.05) is 0 Å². The minimum absolute atomic E-state index is 0.841. The smallest absolute Gasteiger partial charge is 0.131 e. The molecule has 0 atom stereocenters. The summed E-state index contributed by atoms with van der Waals surface area (Å²) in [5, 5.41) is 3.97. The van der Waals surface area contributed by atoms with Gasteiger partial charge in [-0.2, -0.15) is 0 Å². The van der Waals surface area contributed by atoms with Gasteiger partial charge < -0.3 is 4.52 Å². The van der Waals surface area contributed by atoms with Crippen molar-refractivity contribution in [3.05, 3.63) is 42.4 Å². The lowest BCUT2D eigenvalue weighted by molar-refractivity contribution is 0.422. The molecule has 3 nitrogen and oxygen atoms in total. The molecule has 0 saturated heterocycles. The molecule has 2 aromatic rings. The highest BCUT2D eigenvalue weighted by Gasteiger charge is 2.06. The van der Waals surface area contributed by atoms with Crippen LogP contribution < -0.4 is 0 Å². The number of nitrogens with zero attached hydrogens (tertiary/aromatic N) is 2. The summed E-state index contributed by atoms with van der Waals surface area (Å²) in [6.45, 7) is 2.09. The highest BCUT2D eigenvalue weighted by atomic mass is 16.5. The van der Waals surface area contributed by atoms with Crippen LogP contribution in [0.25, 0.3) is 17.3 Å². The third kappa shape index (κ3) is 2.13. The zero-order chi connectivity index (χ0) is 10.5. The fraction of sp³-hybridized carbons (Fsp3) is 0.167. The molecule has 0 aliphatic carbocycles. The van der Waals surface area contributed by atoms with E-state index in [9.17, 15) is 0 Å². The molecule has 3 heteroatoms. The third-order valence-corrected chi connectivity index (χ3v) is 2.07. The van der Waals surface area contributed by atoms with Gasteiger partial charge in [0.1, 0.15) is 12.0 Å². The summed E-state index contributed by atoms with van der Waals surface area (Å²) < 4.78 is 4.97. The zero-order valence-corrected chi connectivity index (χ0v) is 8.55. The molecule has 0 aliphatic heterocycles. The number of allylic oxidation sites excluding steroid dienone is 1. The largest absolute Gasteiger partial charge is 0.363 e. The van der Waals surface area contributed by atoms with Gasteiger partial charge in [-0.15, -0.1) is 0 Å². The fourth-order valence-electron chi connectivity index (χ4n) is 1.33. The van der Waals surface area contributed by atoms with Gasteiger partial charge in [-0.3, -0.25) is 4.98 Å². The lowest BCUT2D eigenvalue weighted by Gasteiger charge is -1.95. The van der Waals surface area contributed by atoms with Gasteiger partial charge in [0.05, 0.1) is 0 Å². The fourth-order valence-corrected chi connectivity index (χ4v) is 1.33. The van der Waals surface area contributed by atoms with Gasteiger partial charge in [-0.05, 0) is 18.6 Å². The van der Waals surface area contributed by atoms with Crippen molar-refractivity contribution in [2.24, 2.45) is 0 Å². The predicted molar refractivity (Wildman–Crippen MR) is 59.1 cm³/mol. The highest BCUT2D eigenvalue weighted by molar-refractivity contribution is 5.70. The molecule has 2 aromatic heterocycles. The van der Waals surface area contributed by atoms with Crippen molar-refractivity contribution in [1.29, 1.82) is 0 Å². The van der Waals surface area contributed by atoms with Crippen molar-refractivity contribution in [3.8, 4) is 11.3 Å². The molecule has 0 radical (unpaired) electrons. The van der Waals surface area contributed by atoms with Crippen LogP contribution in [0.2, 0.25) is 0 Å². The molecule has 0 aliphatic rings. The van der Waals surface area contributed by atoms with E-state index in [1.54, 1.807) is 18.7 Å². The minimum Gasteiger partial charge on any atom is -0.363 e. The average Bonchev–Trinajstić information content (AvgIpc) is 2.75. The summed E-state index contributed by atoms with van der Waals surface area (Å²) in [4.78, 5) is 4.06. The normalized spacial score (nSPS) is 11.0. The van der Waals surface area contributed by atoms with Crippen LogP contribution in [0.4, 0.5) is 0 Å². The Balaban J connectivity index is 2.37. The molecule has 0 aromatic carbocycles. The first kappa shape index (κ1) is 9.65. The van der Waals surface area contributed by atoms with Crippen LogP contribution in [-0.4, -0.2) is 10.1 Å². The van der Waals surface area contributed by atoms with Crippen molar-refractivity contribution in [3.63, 3.8) is 0 Å². The van der Waals surface area contributed by atoms with E-state index in [0.717, 1.165) is 23.2 Å². The van der Waals surface area contributed by atoms with E-state index in [-0.39, 0.29) is 0 Å². The van der Waals surface area contributed by atoms with E-state index in [0.29, 0.717) is 0 Å². The van der Waals surface area contributed by atoms with Crippen molar-refractivity contribution < 1.29 is 4.52 Å². The van der Waals surface area contributed by atoms with Crippen LogP contribution in [-0.2, 0) is 0 Å². The second-order valence-corrected chi connectivity index (χ2v) is 3.17. The van der Waals surface area contributed by atoms with Gasteiger partial charge in [-0.25, -0.2) is 0 Å². The summed E-state index contributed by atoms with van der Waals surface area (Å²) >= 11 is 0. The van der Waals surface area contributed by atoms with Crippen molar-refractivity contribution in [2.45, 2.75) is 13.3 Å². The SMILES string of the molecule is CC/C=C/c1conc1-c1cccnc1. The maximum Gasteiger partial charge on any atom is 0.131 e. The quantitative estimate of drug-likeness (QED) is 0.763. The maximum absolute atomic E-state index is 4.97. The minimum atomic E-state index is 0.841. The first-order valence-corrected chi connectivity index (χ1v) is 4.93. The molecule has 15 heavy (non-hydrogen) atoms. The Bertz CT molecular complexity index is 446. The van der Waals surface area contributed by atoms with E-state index < -0.39 is 0 Å². The predicted octanol–water partition coefficient (Wildman–Crippen LogP) is 3.16. The summed E-state index contributed by atoms with van der Waals surface area (Å²) in [7, 11) is 0. The lowest BCUT2D eigenvalue weighted by Crippen LogP contribution is -1.81. The van der Waals surface area contributed by atoms with Gasteiger partial charge in [-0.1, -0.05) is 24.2 Å². The van der Waals surface area contributed by atoms with Gasteiger partial charge in [0.2, 0.25) is 0 Å². The molecule has 2 rings (SSSR count). The van der Waals surface area contributed by atoms with E-state index in [2.05, 4.69) is 23.1 Å². The summed E-state index contributed by atoms with van der Waals surface area (Å²) in [5.74, 6) is 0. The van der Waals surface area contributed by atoms with Crippen molar-refractivity contribution in [1.82, 2.24) is 10.1 Å². The topological polar surface area (TPSA) is 38.9 Å². The molecular formula is C12H12N2O. The Morgan fingerprint density at radius 1 is 1.47 bits per heavy atom. The first-order valence-electron chi connectivity index (χ1n) is 4.93. The Morgan fingerprint density at radius 2 is 2.40 bits per heavy atom. The molecule has 0 unspecified atom stereocenters. The summed E-state index contributed by atoms with van der Waals surface area (Å²) in [6.07, 6.45) is 10.3. The Kier molecular flexibility index (Phi) is 2.93. The molecular weight excluding hydrogens is 188 g/mol. The first-order chi connectivity index (χ1) is 7.42. The van der Waals surface area contributed by atoms with Gasteiger partial charge in [0.25, 0.3) is 0 Å². The molecule has 2 heterocycles. The van der Waals surface area contributed by atoms with E-state index >= 15 is 0 Å². The van der Waals surface area contributed by atoms with Gasteiger partial charge in [0.15, 0.2) is 0 Å². The van der Waals surface area contributed by atoms with Crippen LogP contribution in [0.1, 0.15) is 18.9 Å². The Morgan fingerprint density at radius 3 is 3.13 bits per heavy atom. The number of pyridine rings is 1. The summed E-state index contributed by atoms with van der Waals surface area (Å²) in [5.41, 5.74) is 2.81. The van der Waals surface area contributed by atoms with Crippen LogP contribution in [0.15, 0.2) is 41.4 Å². The van der Waals surface area contributed by atoms with E-state index in [1.165, 1.54) is 0 Å². The molecule has 0 amide bonds. The van der Waals surface area contributed by atoms with Crippen LogP contribution in [0.3, 0.4) is 0 Å². The molecule has 0 saturated carbocycles. The van der Waals surface area contributed by atoms with Crippen LogP contribution >= 0.6 is 0 Å². The van der Waals surface area contributed by atoms with Crippen LogP contribution in [0.5, 0.6) is 0 Å². The number of hydrogen-bond acceptors (Lipinski definition) is 3. The van der Waals surface area contributed by atoms with Crippen LogP contribution in [0, 0.1) is 0 Å². The Hall–Kier alpha value is -1.90. The zero-order valence-electron chi connectivity index (χ0n) is 8.55. The average molecular weight is 200 g/mol. The second-order valence-electron chi connectivity index (χ2n) is 3.17. The molecule has 76 valence electrons. The standard InChI is InChI=1S/C12H12N2O/c1-2-3-5-11-9-15-14-12(11)10-6-4-7-13-8-10/h3-9H,2H2,1H3/b5-3+. The number of aromatic nitrogens is 2. The second kappa shape index (κ2) is 4.55. The number of rotatable bonds is 3. The monoisotopic (exact) mass is 200 g/mol. The summed E-state index contributed by atoms with van der Waals surface area (Å²) in [6, 6.07) is 3.85. The maximum atomic E-state index is 4.97. The lowest BCUT2D eigenvalue weighted by atomic mass is 10.1. The van der Waals surface area contributed by atoms with Gasteiger partial charge >= 0.3 is 0 Å². The highest BCUT2D eigenvalue weighted by Crippen LogP contribution is 2.21. The van der Waals surface area contributed by atoms with E-state index in [4.69, 9.17) is 4.52 Å². The molecule has 0 N–H and O–H groups in total. The van der Waals surface area contributed by atoms with Crippen molar-refractivity contribution >= 4 is 6.08 Å². The Labute approximate surface area is 88.4 Å². The third-order valence-electron chi connectivity index (χ3n) is 2.07.